The molecule has 0 aliphatic heterocycles. The Balaban J connectivity index is 1.95. The first-order valence-corrected chi connectivity index (χ1v) is 6.31. The summed E-state index contributed by atoms with van der Waals surface area (Å²) in [5.74, 6) is 0.789. The summed E-state index contributed by atoms with van der Waals surface area (Å²) in [6.07, 6.45) is 2.43. The fourth-order valence-electron chi connectivity index (χ4n) is 1.82. The van der Waals surface area contributed by atoms with Gasteiger partial charge in [0.1, 0.15) is 11.6 Å². The molecule has 5 heteroatoms. The second-order valence-electron chi connectivity index (χ2n) is 4.03. The van der Waals surface area contributed by atoms with Gasteiger partial charge in [0, 0.05) is 12.6 Å². The molecule has 2 aromatic heterocycles. The number of phenolic OH excluding ortho intramolecular Hbond substituents is 1. The number of nitrogens with two attached hydrogens (primary N) is 1. The number of pyridine rings is 1. The molecule has 0 saturated carbocycles. The fourth-order valence-corrected chi connectivity index (χ4v) is 2.85. The molecule has 0 amide bonds. The van der Waals surface area contributed by atoms with Crippen molar-refractivity contribution in [3.05, 3.63) is 47.1 Å². The summed E-state index contributed by atoms with van der Waals surface area (Å²) in [6, 6.07) is 8.99. The molecule has 0 bridgehead atoms. The Kier molecular flexibility index (Phi) is 2.60. The quantitative estimate of drug-likeness (QED) is 0.740. The van der Waals surface area contributed by atoms with Gasteiger partial charge >= 0.3 is 0 Å². The highest BCUT2D eigenvalue weighted by Gasteiger charge is 2.06. The molecule has 18 heavy (non-hydrogen) atoms. The third-order valence-corrected chi connectivity index (χ3v) is 3.64. The van der Waals surface area contributed by atoms with E-state index in [1.54, 1.807) is 29.7 Å². The van der Waals surface area contributed by atoms with Crippen molar-refractivity contribution in [2.24, 2.45) is 0 Å². The molecule has 3 N–H and O–H groups in total. The molecule has 4 nitrogen and oxygen atoms in total. The normalized spacial score (nSPS) is 10.9. The second-order valence-corrected chi connectivity index (χ2v) is 5.14. The van der Waals surface area contributed by atoms with Gasteiger partial charge in [0.25, 0.3) is 0 Å². The lowest BCUT2D eigenvalue weighted by atomic mass is 10.2. The van der Waals surface area contributed by atoms with Crippen LogP contribution in [-0.2, 0) is 6.42 Å². The zero-order valence-corrected chi connectivity index (χ0v) is 10.3. The zero-order valence-electron chi connectivity index (χ0n) is 9.50. The van der Waals surface area contributed by atoms with Crippen molar-refractivity contribution in [2.75, 3.05) is 5.73 Å². The molecule has 3 aromatic rings. The molecule has 0 aliphatic rings. The number of fused-ring (bicyclic) bond motifs is 1. The molecular formula is C13H11N3OS. The van der Waals surface area contributed by atoms with Crippen LogP contribution >= 0.6 is 11.3 Å². The van der Waals surface area contributed by atoms with E-state index < -0.39 is 0 Å². The van der Waals surface area contributed by atoms with Crippen LogP contribution in [0.5, 0.6) is 5.75 Å². The van der Waals surface area contributed by atoms with Crippen LogP contribution in [0.1, 0.15) is 10.6 Å². The molecule has 0 fully saturated rings. The van der Waals surface area contributed by atoms with Crippen LogP contribution in [0.2, 0.25) is 0 Å². The Labute approximate surface area is 108 Å². The summed E-state index contributed by atoms with van der Waals surface area (Å²) >= 11 is 1.58. The van der Waals surface area contributed by atoms with E-state index in [4.69, 9.17) is 5.73 Å². The topological polar surface area (TPSA) is 72.0 Å². The number of rotatable bonds is 2. The van der Waals surface area contributed by atoms with Crippen molar-refractivity contribution < 1.29 is 5.11 Å². The highest BCUT2D eigenvalue weighted by molar-refractivity contribution is 7.18. The number of hydrogen-bond acceptors (Lipinski definition) is 5. The summed E-state index contributed by atoms with van der Waals surface area (Å²) in [6.45, 7) is 0. The Morgan fingerprint density at radius 1 is 1.22 bits per heavy atom. The number of phenols is 1. The smallest absolute Gasteiger partial charge is 0.123 e. The largest absolute Gasteiger partial charge is 0.508 e. The third kappa shape index (κ3) is 2.12. The maximum atomic E-state index is 9.42. The van der Waals surface area contributed by atoms with Gasteiger partial charge in [-0.1, -0.05) is 0 Å². The maximum Gasteiger partial charge on any atom is 0.123 e. The molecule has 1 aromatic carbocycles. The number of aromatic hydroxyl groups is 1. The van der Waals surface area contributed by atoms with Crippen molar-refractivity contribution in [3.63, 3.8) is 0 Å². The van der Waals surface area contributed by atoms with Gasteiger partial charge in [0.15, 0.2) is 0 Å². The Bertz CT molecular complexity index is 708. The van der Waals surface area contributed by atoms with Gasteiger partial charge in [-0.3, -0.25) is 0 Å². The molecule has 3 rings (SSSR count). The summed E-state index contributed by atoms with van der Waals surface area (Å²) in [4.78, 5) is 8.49. The van der Waals surface area contributed by atoms with Crippen molar-refractivity contribution >= 4 is 27.4 Å². The molecule has 0 radical (unpaired) electrons. The van der Waals surface area contributed by atoms with Gasteiger partial charge in [0.2, 0.25) is 0 Å². The lowest BCUT2D eigenvalue weighted by Gasteiger charge is -1.98. The van der Waals surface area contributed by atoms with E-state index in [2.05, 4.69) is 9.97 Å². The van der Waals surface area contributed by atoms with E-state index in [9.17, 15) is 5.11 Å². The average Bonchev–Trinajstić information content (AvgIpc) is 2.70. The van der Waals surface area contributed by atoms with Gasteiger partial charge in [-0.05, 0) is 35.9 Å². The molecule has 0 atom stereocenters. The first-order valence-electron chi connectivity index (χ1n) is 5.49. The van der Waals surface area contributed by atoms with Crippen LogP contribution in [0, 0.1) is 0 Å². The van der Waals surface area contributed by atoms with E-state index in [-0.39, 0.29) is 5.75 Å². The lowest BCUT2D eigenvalue weighted by molar-refractivity contribution is 0.476. The van der Waals surface area contributed by atoms with Crippen LogP contribution < -0.4 is 5.73 Å². The van der Waals surface area contributed by atoms with Crippen LogP contribution in [0.25, 0.3) is 10.2 Å². The molecule has 2 heterocycles. The fraction of sp³-hybridized carbons (Fsp3) is 0.0769. The third-order valence-electron chi connectivity index (χ3n) is 2.62. The standard InChI is InChI=1S/C13H11N3OS/c14-12-5-8(3-4-15-12)6-13-16-10-2-1-9(17)7-11(10)18-13/h1-5,7,17H,6H2,(H2,14,15). The molecule has 0 saturated heterocycles. The molecule has 0 aliphatic carbocycles. The Morgan fingerprint density at radius 3 is 2.94 bits per heavy atom. The lowest BCUT2D eigenvalue weighted by Crippen LogP contribution is -1.93. The monoisotopic (exact) mass is 257 g/mol. The predicted octanol–water partition coefficient (Wildman–Crippen LogP) is 2.57. The summed E-state index contributed by atoms with van der Waals surface area (Å²) in [5.41, 5.74) is 7.65. The van der Waals surface area contributed by atoms with E-state index in [1.807, 2.05) is 18.2 Å². The van der Waals surface area contributed by atoms with E-state index >= 15 is 0 Å². The summed E-state index contributed by atoms with van der Waals surface area (Å²) in [7, 11) is 0. The average molecular weight is 257 g/mol. The van der Waals surface area contributed by atoms with Gasteiger partial charge in [-0.25, -0.2) is 9.97 Å². The van der Waals surface area contributed by atoms with Gasteiger partial charge in [-0.2, -0.15) is 0 Å². The number of anilines is 1. The second kappa shape index (κ2) is 4.27. The number of benzene rings is 1. The van der Waals surface area contributed by atoms with Crippen molar-refractivity contribution in [2.45, 2.75) is 6.42 Å². The number of hydrogen-bond donors (Lipinski definition) is 2. The maximum absolute atomic E-state index is 9.42. The number of nitrogens with zero attached hydrogens (tertiary/aromatic N) is 2. The molecular weight excluding hydrogens is 246 g/mol. The van der Waals surface area contributed by atoms with E-state index in [0.29, 0.717) is 5.82 Å². The highest BCUT2D eigenvalue weighted by Crippen LogP contribution is 2.27. The first-order chi connectivity index (χ1) is 8.70. The molecule has 0 unspecified atom stereocenters. The van der Waals surface area contributed by atoms with Crippen molar-refractivity contribution in [3.8, 4) is 5.75 Å². The van der Waals surface area contributed by atoms with E-state index in [0.717, 1.165) is 27.2 Å². The zero-order chi connectivity index (χ0) is 12.5. The minimum Gasteiger partial charge on any atom is -0.508 e. The number of aromatic nitrogens is 2. The van der Waals surface area contributed by atoms with Crippen LogP contribution in [-0.4, -0.2) is 15.1 Å². The number of nitrogen functional groups attached to an aromatic ring is 1. The Morgan fingerprint density at radius 2 is 2.11 bits per heavy atom. The van der Waals surface area contributed by atoms with Crippen molar-refractivity contribution in [1.29, 1.82) is 0 Å². The van der Waals surface area contributed by atoms with Crippen LogP contribution in [0.3, 0.4) is 0 Å². The summed E-state index contributed by atoms with van der Waals surface area (Å²) < 4.78 is 0.993. The van der Waals surface area contributed by atoms with Gasteiger partial charge in [0.05, 0.1) is 15.2 Å². The van der Waals surface area contributed by atoms with E-state index in [1.165, 1.54) is 0 Å². The van der Waals surface area contributed by atoms with Crippen LogP contribution in [0.4, 0.5) is 5.82 Å². The summed E-state index contributed by atoms with van der Waals surface area (Å²) in [5, 5.41) is 10.4. The van der Waals surface area contributed by atoms with Gasteiger partial charge in [-0.15, -0.1) is 11.3 Å². The molecule has 0 spiro atoms. The Hall–Kier alpha value is -2.14. The minimum absolute atomic E-state index is 0.269. The van der Waals surface area contributed by atoms with Gasteiger partial charge < -0.3 is 10.8 Å². The predicted molar refractivity (Wildman–Crippen MR) is 72.7 cm³/mol. The van der Waals surface area contributed by atoms with Crippen molar-refractivity contribution in [1.82, 2.24) is 9.97 Å². The molecule has 90 valence electrons. The SMILES string of the molecule is Nc1cc(Cc2nc3ccc(O)cc3s2)ccn1. The first kappa shape index (κ1) is 11.0. The number of thiazole rings is 1. The minimum atomic E-state index is 0.269. The highest BCUT2D eigenvalue weighted by atomic mass is 32.1. The van der Waals surface area contributed by atoms with Crippen LogP contribution in [0.15, 0.2) is 36.5 Å².